The monoisotopic (exact) mass is 328 g/mol. The van der Waals surface area contributed by atoms with E-state index in [1.807, 2.05) is 19.9 Å². The van der Waals surface area contributed by atoms with Gasteiger partial charge >= 0.3 is 0 Å². The molecule has 3 heterocycles. The van der Waals surface area contributed by atoms with Gasteiger partial charge in [0.05, 0.1) is 18.8 Å². The fourth-order valence-corrected chi connectivity index (χ4v) is 2.60. The summed E-state index contributed by atoms with van der Waals surface area (Å²) in [5, 5.41) is 7.98. The Labute approximate surface area is 140 Å². The van der Waals surface area contributed by atoms with Crippen LogP contribution < -0.4 is 9.47 Å². The van der Waals surface area contributed by atoms with Gasteiger partial charge < -0.3 is 14.4 Å². The Hall–Kier alpha value is -2.70. The fraction of sp³-hybridized carbons (Fsp3) is 0.412. The van der Waals surface area contributed by atoms with Crippen LogP contribution in [0, 0.1) is 6.92 Å². The summed E-state index contributed by atoms with van der Waals surface area (Å²) < 4.78 is 11.3. The number of carbonyl (C=O) groups excluding carboxylic acids is 1. The van der Waals surface area contributed by atoms with Gasteiger partial charge in [-0.15, -0.1) is 5.10 Å². The SMILES string of the molecule is CCOc1ncccc1C(=O)N1CC[C@H](Oc2ccc(C)nn2)C1. The minimum atomic E-state index is -0.0901. The van der Waals surface area contributed by atoms with E-state index in [0.29, 0.717) is 37.0 Å². The first kappa shape index (κ1) is 16.2. The number of aromatic nitrogens is 3. The lowest BCUT2D eigenvalue weighted by atomic mass is 10.2. The first-order chi connectivity index (χ1) is 11.7. The summed E-state index contributed by atoms with van der Waals surface area (Å²) in [6.45, 7) is 5.34. The summed E-state index contributed by atoms with van der Waals surface area (Å²) in [6, 6.07) is 7.12. The zero-order valence-electron chi connectivity index (χ0n) is 13.8. The largest absolute Gasteiger partial charge is 0.477 e. The molecule has 24 heavy (non-hydrogen) atoms. The van der Waals surface area contributed by atoms with Crippen molar-refractivity contribution in [3.8, 4) is 11.8 Å². The van der Waals surface area contributed by atoms with Crippen LogP contribution in [-0.4, -0.2) is 51.8 Å². The molecule has 1 aliphatic rings. The van der Waals surface area contributed by atoms with Gasteiger partial charge in [-0.25, -0.2) is 4.98 Å². The van der Waals surface area contributed by atoms with E-state index in [2.05, 4.69) is 15.2 Å². The molecule has 0 N–H and O–H groups in total. The lowest BCUT2D eigenvalue weighted by Gasteiger charge is -2.18. The van der Waals surface area contributed by atoms with Gasteiger partial charge in [-0.2, -0.15) is 5.10 Å². The molecule has 126 valence electrons. The molecule has 2 aromatic heterocycles. The van der Waals surface area contributed by atoms with Gasteiger partial charge in [0.1, 0.15) is 11.7 Å². The molecule has 7 nitrogen and oxygen atoms in total. The quantitative estimate of drug-likeness (QED) is 0.834. The van der Waals surface area contributed by atoms with E-state index >= 15 is 0 Å². The number of amides is 1. The fourth-order valence-electron chi connectivity index (χ4n) is 2.60. The van der Waals surface area contributed by atoms with Crippen LogP contribution in [-0.2, 0) is 0 Å². The van der Waals surface area contributed by atoms with E-state index < -0.39 is 0 Å². The normalized spacial score (nSPS) is 16.9. The maximum absolute atomic E-state index is 12.7. The Balaban J connectivity index is 1.65. The minimum Gasteiger partial charge on any atom is -0.477 e. The standard InChI is InChI=1S/C17H20N4O3/c1-3-23-16-14(5-4-9-18-16)17(22)21-10-8-13(11-21)24-15-7-6-12(2)19-20-15/h4-7,9,13H,3,8,10-11H2,1-2H3/t13-/m0/s1. The maximum atomic E-state index is 12.7. The molecule has 1 atom stereocenters. The maximum Gasteiger partial charge on any atom is 0.259 e. The van der Waals surface area contributed by atoms with Crippen LogP contribution in [0.1, 0.15) is 29.4 Å². The van der Waals surface area contributed by atoms with E-state index in [1.165, 1.54) is 0 Å². The molecule has 0 bridgehead atoms. The number of rotatable bonds is 5. The molecule has 0 aromatic carbocycles. The van der Waals surface area contributed by atoms with E-state index in [-0.39, 0.29) is 12.0 Å². The minimum absolute atomic E-state index is 0.0850. The lowest BCUT2D eigenvalue weighted by molar-refractivity contribution is 0.0766. The van der Waals surface area contributed by atoms with Crippen LogP contribution in [0.3, 0.4) is 0 Å². The highest BCUT2D eigenvalue weighted by atomic mass is 16.5. The van der Waals surface area contributed by atoms with Crippen molar-refractivity contribution in [3.63, 3.8) is 0 Å². The molecule has 0 aliphatic carbocycles. The molecular weight excluding hydrogens is 308 g/mol. The summed E-state index contributed by atoms with van der Waals surface area (Å²) in [5.41, 5.74) is 1.32. The second-order valence-electron chi connectivity index (χ2n) is 5.58. The van der Waals surface area contributed by atoms with Crippen LogP contribution in [0.2, 0.25) is 0 Å². The van der Waals surface area contributed by atoms with Crippen molar-refractivity contribution in [2.45, 2.75) is 26.4 Å². The summed E-state index contributed by atoms with van der Waals surface area (Å²) in [7, 11) is 0. The predicted octanol–water partition coefficient (Wildman–Crippen LogP) is 1.87. The molecule has 0 saturated carbocycles. The number of aryl methyl sites for hydroxylation is 1. The molecule has 0 unspecified atom stereocenters. The molecule has 0 spiro atoms. The number of pyridine rings is 1. The number of ether oxygens (including phenoxy) is 2. The van der Waals surface area contributed by atoms with E-state index in [0.717, 1.165) is 12.1 Å². The van der Waals surface area contributed by atoms with Crippen molar-refractivity contribution in [2.24, 2.45) is 0 Å². The molecule has 2 aromatic rings. The molecule has 1 fully saturated rings. The van der Waals surface area contributed by atoms with Crippen molar-refractivity contribution in [1.29, 1.82) is 0 Å². The smallest absolute Gasteiger partial charge is 0.259 e. The zero-order chi connectivity index (χ0) is 16.9. The first-order valence-corrected chi connectivity index (χ1v) is 8.01. The molecule has 3 rings (SSSR count). The zero-order valence-corrected chi connectivity index (χ0v) is 13.8. The predicted molar refractivity (Wildman–Crippen MR) is 87.1 cm³/mol. The number of hydrogen-bond acceptors (Lipinski definition) is 6. The van der Waals surface area contributed by atoms with Gasteiger partial charge in [0, 0.05) is 25.2 Å². The number of hydrogen-bond donors (Lipinski definition) is 0. The van der Waals surface area contributed by atoms with E-state index in [4.69, 9.17) is 9.47 Å². The van der Waals surface area contributed by atoms with Crippen LogP contribution in [0.5, 0.6) is 11.8 Å². The molecule has 0 radical (unpaired) electrons. The number of carbonyl (C=O) groups is 1. The van der Waals surface area contributed by atoms with Crippen LogP contribution in [0.15, 0.2) is 30.5 Å². The van der Waals surface area contributed by atoms with Gasteiger partial charge in [0.2, 0.25) is 11.8 Å². The molecule has 7 heteroatoms. The topological polar surface area (TPSA) is 77.4 Å². The summed E-state index contributed by atoms with van der Waals surface area (Å²) >= 11 is 0. The van der Waals surface area contributed by atoms with Gasteiger partial charge in [-0.05, 0) is 32.0 Å². The van der Waals surface area contributed by atoms with Gasteiger partial charge in [0.15, 0.2) is 0 Å². The highest BCUT2D eigenvalue weighted by Crippen LogP contribution is 2.22. The Morgan fingerprint density at radius 1 is 1.33 bits per heavy atom. The third kappa shape index (κ3) is 3.61. The number of nitrogens with zero attached hydrogens (tertiary/aromatic N) is 4. The summed E-state index contributed by atoms with van der Waals surface area (Å²) in [6.07, 6.45) is 2.29. The van der Waals surface area contributed by atoms with E-state index in [1.54, 1.807) is 29.3 Å². The molecule has 1 saturated heterocycles. The van der Waals surface area contributed by atoms with Crippen molar-refractivity contribution in [3.05, 3.63) is 41.7 Å². The Morgan fingerprint density at radius 3 is 2.96 bits per heavy atom. The molecular formula is C17H20N4O3. The Bertz CT molecular complexity index is 705. The second-order valence-corrected chi connectivity index (χ2v) is 5.58. The Morgan fingerprint density at radius 2 is 2.21 bits per heavy atom. The van der Waals surface area contributed by atoms with E-state index in [9.17, 15) is 4.79 Å². The molecule has 1 amide bonds. The van der Waals surface area contributed by atoms with Crippen LogP contribution >= 0.6 is 0 Å². The van der Waals surface area contributed by atoms with Crippen molar-refractivity contribution >= 4 is 5.91 Å². The average molecular weight is 328 g/mol. The summed E-state index contributed by atoms with van der Waals surface area (Å²) in [4.78, 5) is 18.6. The highest BCUT2D eigenvalue weighted by Gasteiger charge is 2.30. The van der Waals surface area contributed by atoms with Crippen molar-refractivity contribution in [1.82, 2.24) is 20.1 Å². The van der Waals surface area contributed by atoms with Crippen LogP contribution in [0.4, 0.5) is 0 Å². The molecule has 1 aliphatic heterocycles. The lowest BCUT2D eigenvalue weighted by Crippen LogP contribution is -2.31. The van der Waals surface area contributed by atoms with Gasteiger partial charge in [0.25, 0.3) is 5.91 Å². The second kappa shape index (κ2) is 7.25. The highest BCUT2D eigenvalue weighted by molar-refractivity contribution is 5.96. The van der Waals surface area contributed by atoms with Crippen LogP contribution in [0.25, 0.3) is 0 Å². The van der Waals surface area contributed by atoms with Crippen molar-refractivity contribution in [2.75, 3.05) is 19.7 Å². The summed E-state index contributed by atoms with van der Waals surface area (Å²) in [5.74, 6) is 0.766. The van der Waals surface area contributed by atoms with Gasteiger partial charge in [-0.1, -0.05) is 0 Å². The van der Waals surface area contributed by atoms with Crippen molar-refractivity contribution < 1.29 is 14.3 Å². The third-order valence-corrected chi connectivity index (χ3v) is 3.78. The average Bonchev–Trinajstić information content (AvgIpc) is 3.06. The van der Waals surface area contributed by atoms with Gasteiger partial charge in [-0.3, -0.25) is 4.79 Å². The number of likely N-dealkylation sites (tertiary alicyclic amines) is 1. The first-order valence-electron chi connectivity index (χ1n) is 8.01. The third-order valence-electron chi connectivity index (χ3n) is 3.78. The Kier molecular flexibility index (Phi) is 4.88.